The molecule has 0 aliphatic heterocycles. The van der Waals surface area contributed by atoms with Gasteiger partial charge >= 0.3 is 0 Å². The fraction of sp³-hybridized carbons (Fsp3) is 0.200. The molecule has 18 heavy (non-hydrogen) atoms. The Kier molecular flexibility index (Phi) is 4.18. The second-order valence-corrected chi connectivity index (χ2v) is 4.07. The molecule has 0 aliphatic rings. The number of nitrogens with one attached hydrogen (secondary N) is 1. The number of aryl methyl sites for hydroxylation is 1. The zero-order valence-corrected chi connectivity index (χ0v) is 10.3. The summed E-state index contributed by atoms with van der Waals surface area (Å²) in [7, 11) is 0. The number of hydrogen-bond donors (Lipinski definition) is 1. The van der Waals surface area contributed by atoms with E-state index in [1.807, 2.05) is 31.2 Å². The number of rotatable bonds is 5. The fourth-order valence-electron chi connectivity index (χ4n) is 1.59. The average Bonchev–Trinajstić information content (AvgIpc) is 2.39. The van der Waals surface area contributed by atoms with Crippen molar-refractivity contribution in [3.63, 3.8) is 0 Å². The standard InChI is InChI=1S/C15H16FNO/c1-12-6-8-13(9-7-12)18-11-10-17-15-5-3-2-4-14(15)16/h2-9,17H,10-11H2,1H3. The van der Waals surface area contributed by atoms with Crippen LogP contribution >= 0.6 is 0 Å². The van der Waals surface area contributed by atoms with Gasteiger partial charge in [0.1, 0.15) is 18.2 Å². The van der Waals surface area contributed by atoms with Crippen LogP contribution in [0.5, 0.6) is 5.75 Å². The summed E-state index contributed by atoms with van der Waals surface area (Å²) in [6, 6.07) is 14.5. The van der Waals surface area contributed by atoms with E-state index in [0.29, 0.717) is 18.8 Å². The summed E-state index contributed by atoms with van der Waals surface area (Å²) in [4.78, 5) is 0. The zero-order valence-electron chi connectivity index (χ0n) is 10.3. The van der Waals surface area contributed by atoms with Crippen molar-refractivity contribution >= 4 is 5.69 Å². The van der Waals surface area contributed by atoms with Crippen molar-refractivity contribution in [2.45, 2.75) is 6.92 Å². The molecule has 0 aromatic heterocycles. The minimum absolute atomic E-state index is 0.243. The maximum absolute atomic E-state index is 13.3. The Balaban J connectivity index is 1.76. The van der Waals surface area contributed by atoms with Crippen LogP contribution in [-0.2, 0) is 0 Å². The van der Waals surface area contributed by atoms with Crippen LogP contribution in [0.15, 0.2) is 48.5 Å². The molecule has 0 saturated carbocycles. The molecule has 2 rings (SSSR count). The van der Waals surface area contributed by atoms with Crippen LogP contribution in [0.25, 0.3) is 0 Å². The van der Waals surface area contributed by atoms with Gasteiger partial charge in [0.2, 0.25) is 0 Å². The number of ether oxygens (including phenoxy) is 1. The number of para-hydroxylation sites is 1. The quantitative estimate of drug-likeness (QED) is 0.812. The number of anilines is 1. The molecule has 2 aromatic rings. The van der Waals surface area contributed by atoms with Gasteiger partial charge in [-0.2, -0.15) is 0 Å². The van der Waals surface area contributed by atoms with Gasteiger partial charge in [0.05, 0.1) is 5.69 Å². The normalized spacial score (nSPS) is 10.1. The summed E-state index contributed by atoms with van der Waals surface area (Å²) in [6.45, 7) is 3.09. The summed E-state index contributed by atoms with van der Waals surface area (Å²) < 4.78 is 18.8. The second-order valence-electron chi connectivity index (χ2n) is 4.07. The van der Waals surface area contributed by atoms with Crippen molar-refractivity contribution < 1.29 is 9.13 Å². The topological polar surface area (TPSA) is 21.3 Å². The highest BCUT2D eigenvalue weighted by Gasteiger charge is 1.99. The molecule has 0 radical (unpaired) electrons. The lowest BCUT2D eigenvalue weighted by atomic mass is 10.2. The molecule has 0 atom stereocenters. The molecule has 0 aliphatic carbocycles. The first-order chi connectivity index (χ1) is 8.75. The zero-order chi connectivity index (χ0) is 12.8. The second kappa shape index (κ2) is 6.05. The van der Waals surface area contributed by atoms with E-state index >= 15 is 0 Å². The predicted molar refractivity (Wildman–Crippen MR) is 71.6 cm³/mol. The van der Waals surface area contributed by atoms with Gasteiger partial charge in [-0.15, -0.1) is 0 Å². The Hall–Kier alpha value is -2.03. The molecular weight excluding hydrogens is 229 g/mol. The molecule has 3 heteroatoms. The van der Waals surface area contributed by atoms with Gasteiger partial charge in [-0.05, 0) is 31.2 Å². The lowest BCUT2D eigenvalue weighted by molar-refractivity contribution is 0.332. The molecule has 0 amide bonds. The fourth-order valence-corrected chi connectivity index (χ4v) is 1.59. The van der Waals surface area contributed by atoms with E-state index in [4.69, 9.17) is 4.74 Å². The maximum atomic E-state index is 13.3. The molecule has 0 bridgehead atoms. The molecule has 2 nitrogen and oxygen atoms in total. The van der Waals surface area contributed by atoms with Crippen LogP contribution in [0, 0.1) is 12.7 Å². The van der Waals surface area contributed by atoms with Gasteiger partial charge in [0.15, 0.2) is 0 Å². The van der Waals surface area contributed by atoms with E-state index < -0.39 is 0 Å². The lowest BCUT2D eigenvalue weighted by Gasteiger charge is -2.09. The molecule has 0 heterocycles. The van der Waals surface area contributed by atoms with Gasteiger partial charge in [-0.3, -0.25) is 0 Å². The van der Waals surface area contributed by atoms with Gasteiger partial charge < -0.3 is 10.1 Å². The van der Waals surface area contributed by atoms with Crippen molar-refractivity contribution in [3.05, 3.63) is 59.9 Å². The van der Waals surface area contributed by atoms with E-state index in [9.17, 15) is 4.39 Å². The molecule has 1 N–H and O–H groups in total. The molecular formula is C15H16FNO. The van der Waals surface area contributed by atoms with Gasteiger partial charge in [0, 0.05) is 6.54 Å². The average molecular weight is 245 g/mol. The summed E-state index contributed by atoms with van der Waals surface area (Å²) in [5.74, 6) is 0.587. The maximum Gasteiger partial charge on any atom is 0.146 e. The van der Waals surface area contributed by atoms with E-state index in [1.54, 1.807) is 18.2 Å². The monoisotopic (exact) mass is 245 g/mol. The predicted octanol–water partition coefficient (Wildman–Crippen LogP) is 3.63. The summed E-state index contributed by atoms with van der Waals surface area (Å²) in [5, 5.41) is 2.99. The van der Waals surface area contributed by atoms with Crippen molar-refractivity contribution in [2.75, 3.05) is 18.5 Å². The minimum atomic E-state index is -0.243. The van der Waals surface area contributed by atoms with Crippen LogP contribution in [0.4, 0.5) is 10.1 Å². The number of hydrogen-bond acceptors (Lipinski definition) is 2. The van der Waals surface area contributed by atoms with Crippen LogP contribution < -0.4 is 10.1 Å². The summed E-state index contributed by atoms with van der Waals surface area (Å²) >= 11 is 0. The first-order valence-electron chi connectivity index (χ1n) is 5.93. The third-order valence-corrected chi connectivity index (χ3v) is 2.58. The highest BCUT2D eigenvalue weighted by atomic mass is 19.1. The van der Waals surface area contributed by atoms with Gasteiger partial charge in [-0.1, -0.05) is 29.8 Å². The van der Waals surface area contributed by atoms with E-state index in [1.165, 1.54) is 11.6 Å². The van der Waals surface area contributed by atoms with Crippen molar-refractivity contribution in [2.24, 2.45) is 0 Å². The van der Waals surface area contributed by atoms with Crippen LogP contribution in [-0.4, -0.2) is 13.2 Å². The number of benzene rings is 2. The Morgan fingerprint density at radius 1 is 1.06 bits per heavy atom. The first kappa shape index (κ1) is 12.4. The van der Waals surface area contributed by atoms with Crippen molar-refractivity contribution in [1.82, 2.24) is 0 Å². The highest BCUT2D eigenvalue weighted by molar-refractivity contribution is 5.44. The highest BCUT2D eigenvalue weighted by Crippen LogP contribution is 2.13. The third-order valence-electron chi connectivity index (χ3n) is 2.58. The Morgan fingerprint density at radius 2 is 1.78 bits per heavy atom. The largest absolute Gasteiger partial charge is 0.492 e. The minimum Gasteiger partial charge on any atom is -0.492 e. The molecule has 94 valence electrons. The lowest BCUT2D eigenvalue weighted by Crippen LogP contribution is -2.12. The molecule has 0 spiro atoms. The van der Waals surface area contributed by atoms with Crippen LogP contribution in [0.3, 0.4) is 0 Å². The Morgan fingerprint density at radius 3 is 2.50 bits per heavy atom. The van der Waals surface area contributed by atoms with Gasteiger partial charge in [-0.25, -0.2) is 4.39 Å². The van der Waals surface area contributed by atoms with E-state index in [-0.39, 0.29) is 5.82 Å². The van der Waals surface area contributed by atoms with Crippen LogP contribution in [0.1, 0.15) is 5.56 Å². The van der Waals surface area contributed by atoms with Gasteiger partial charge in [0.25, 0.3) is 0 Å². The summed E-state index contributed by atoms with van der Waals surface area (Å²) in [6.07, 6.45) is 0. The van der Waals surface area contributed by atoms with E-state index in [0.717, 1.165) is 5.75 Å². The van der Waals surface area contributed by atoms with Crippen molar-refractivity contribution in [1.29, 1.82) is 0 Å². The Bertz CT molecular complexity index is 496. The smallest absolute Gasteiger partial charge is 0.146 e. The molecule has 0 unspecified atom stereocenters. The summed E-state index contributed by atoms with van der Waals surface area (Å²) in [5.41, 5.74) is 1.71. The third kappa shape index (κ3) is 3.48. The van der Waals surface area contributed by atoms with Crippen LogP contribution in [0.2, 0.25) is 0 Å². The van der Waals surface area contributed by atoms with Crippen molar-refractivity contribution in [3.8, 4) is 5.75 Å². The molecule has 2 aromatic carbocycles. The first-order valence-corrected chi connectivity index (χ1v) is 5.93. The Labute approximate surface area is 106 Å². The molecule has 0 saturated heterocycles. The van der Waals surface area contributed by atoms with E-state index in [2.05, 4.69) is 5.32 Å². The SMILES string of the molecule is Cc1ccc(OCCNc2ccccc2F)cc1. The number of halogens is 1. The molecule has 0 fully saturated rings.